The molecule has 2 aromatic rings. The van der Waals surface area contributed by atoms with Gasteiger partial charge in [-0.25, -0.2) is 15.0 Å². The molecular formula is C23H28F2N6O2. The summed E-state index contributed by atoms with van der Waals surface area (Å²) in [7, 11) is 0. The van der Waals surface area contributed by atoms with Gasteiger partial charge in [0.2, 0.25) is 0 Å². The van der Waals surface area contributed by atoms with Gasteiger partial charge in [-0.15, -0.1) is 0 Å². The summed E-state index contributed by atoms with van der Waals surface area (Å²) in [4.78, 5) is 13.5. The molecule has 1 aromatic heterocycles. The van der Waals surface area contributed by atoms with Crippen LogP contribution in [0, 0.1) is 0 Å². The first-order valence-electron chi connectivity index (χ1n) is 11.0. The van der Waals surface area contributed by atoms with Crippen LogP contribution < -0.4 is 16.0 Å². The minimum atomic E-state index is -2.82. The van der Waals surface area contributed by atoms with Crippen LogP contribution in [0.4, 0.5) is 14.6 Å². The molecule has 8 nitrogen and oxygen atoms in total. The molecule has 2 saturated heterocycles. The maximum Gasteiger partial charge on any atom is 0.331 e. The number of ether oxygens (including phenoxy) is 1. The predicted molar refractivity (Wildman–Crippen MR) is 122 cm³/mol. The molecule has 2 aliphatic rings. The molecule has 176 valence electrons. The van der Waals surface area contributed by atoms with E-state index in [1.807, 2.05) is 23.1 Å². The van der Waals surface area contributed by atoms with Gasteiger partial charge in [0.1, 0.15) is 18.4 Å². The second kappa shape index (κ2) is 10.3. The largest absolute Gasteiger partial charge is 0.404 e. The van der Waals surface area contributed by atoms with E-state index in [2.05, 4.69) is 32.4 Å². The fourth-order valence-corrected chi connectivity index (χ4v) is 4.23. The van der Waals surface area contributed by atoms with Crippen LogP contribution in [0.25, 0.3) is 5.57 Å². The molecule has 2 aliphatic heterocycles. The number of aliphatic hydroxyl groups is 1. The van der Waals surface area contributed by atoms with E-state index in [0.717, 1.165) is 19.1 Å². The highest BCUT2D eigenvalue weighted by atomic mass is 19.3. The average Bonchev–Trinajstić information content (AvgIpc) is 3.28. The number of alkyl halides is 2. The molecule has 2 fully saturated rings. The third-order valence-corrected chi connectivity index (χ3v) is 5.99. The van der Waals surface area contributed by atoms with E-state index < -0.39 is 12.3 Å². The topological polar surface area (TPSA) is 109 Å². The molecule has 2 atom stereocenters. The van der Waals surface area contributed by atoms with Crippen molar-refractivity contribution in [2.24, 2.45) is 10.7 Å². The van der Waals surface area contributed by atoms with Crippen LogP contribution in [0.1, 0.15) is 43.0 Å². The van der Waals surface area contributed by atoms with Crippen molar-refractivity contribution < 1.29 is 18.6 Å². The quantitative estimate of drug-likeness (QED) is 0.333. The number of nitrogens with zero attached hydrogens (tertiary/aromatic N) is 4. The summed E-state index contributed by atoms with van der Waals surface area (Å²) < 4.78 is 30.9. The van der Waals surface area contributed by atoms with Crippen LogP contribution in [-0.2, 0) is 4.74 Å². The lowest BCUT2D eigenvalue weighted by Gasteiger charge is -2.39. The summed E-state index contributed by atoms with van der Waals surface area (Å²) in [5.74, 6) is -0.600. The van der Waals surface area contributed by atoms with Crippen molar-refractivity contribution >= 4 is 17.6 Å². The van der Waals surface area contributed by atoms with E-state index in [1.165, 1.54) is 18.1 Å². The fourth-order valence-electron chi connectivity index (χ4n) is 4.23. The number of piperidine rings is 1. The first-order chi connectivity index (χ1) is 16.0. The van der Waals surface area contributed by atoms with E-state index >= 15 is 0 Å². The van der Waals surface area contributed by atoms with Crippen LogP contribution in [0.15, 0.2) is 53.9 Å². The lowest BCUT2D eigenvalue weighted by Crippen LogP contribution is -2.49. The summed E-state index contributed by atoms with van der Waals surface area (Å²) in [5, 5.41) is 14.5. The molecule has 4 N–H and O–H groups in total. The number of benzene rings is 1. The molecule has 1 aromatic carbocycles. The van der Waals surface area contributed by atoms with Crippen molar-refractivity contribution in [3.63, 3.8) is 0 Å². The van der Waals surface area contributed by atoms with Crippen molar-refractivity contribution in [1.82, 2.24) is 15.3 Å². The van der Waals surface area contributed by atoms with Crippen molar-refractivity contribution in [2.75, 3.05) is 18.0 Å². The Morgan fingerprint density at radius 3 is 2.70 bits per heavy atom. The Morgan fingerprint density at radius 2 is 2.00 bits per heavy atom. The van der Waals surface area contributed by atoms with Crippen molar-refractivity contribution in [1.29, 1.82) is 0 Å². The zero-order chi connectivity index (χ0) is 23.3. The first kappa shape index (κ1) is 23.2. The van der Waals surface area contributed by atoms with Crippen LogP contribution in [0.3, 0.4) is 0 Å². The van der Waals surface area contributed by atoms with Crippen LogP contribution >= 0.6 is 0 Å². The van der Waals surface area contributed by atoms with Gasteiger partial charge in [-0.3, -0.25) is 5.32 Å². The van der Waals surface area contributed by atoms with Gasteiger partial charge in [0.05, 0.1) is 5.69 Å². The van der Waals surface area contributed by atoms with Gasteiger partial charge in [0.15, 0.2) is 5.79 Å². The van der Waals surface area contributed by atoms with Gasteiger partial charge in [-0.2, -0.15) is 8.78 Å². The van der Waals surface area contributed by atoms with Crippen molar-refractivity contribution in [2.45, 2.75) is 50.3 Å². The molecule has 0 spiro atoms. The fraction of sp³-hybridized carbons (Fsp3) is 0.435. The van der Waals surface area contributed by atoms with E-state index in [4.69, 9.17) is 10.5 Å². The number of aliphatic imine (C=N–C) groups is 1. The number of allylic oxidation sites excluding steroid dienone is 1. The lowest BCUT2D eigenvalue weighted by atomic mass is 10.0. The monoisotopic (exact) mass is 458 g/mol. The number of aromatic nitrogens is 2. The minimum Gasteiger partial charge on any atom is -0.404 e. The molecule has 0 amide bonds. The third-order valence-electron chi connectivity index (χ3n) is 5.99. The van der Waals surface area contributed by atoms with Gasteiger partial charge in [-0.05, 0) is 18.4 Å². The maximum atomic E-state index is 12.4. The van der Waals surface area contributed by atoms with Gasteiger partial charge >= 0.3 is 6.55 Å². The predicted octanol–water partition coefficient (Wildman–Crippen LogP) is 2.83. The molecule has 10 heteroatoms. The van der Waals surface area contributed by atoms with E-state index in [0.29, 0.717) is 37.4 Å². The van der Waals surface area contributed by atoms with Gasteiger partial charge in [0, 0.05) is 56.0 Å². The minimum absolute atomic E-state index is 0.205. The highest BCUT2D eigenvalue weighted by molar-refractivity contribution is 6.09. The molecule has 0 radical (unpaired) electrons. The van der Waals surface area contributed by atoms with E-state index in [-0.39, 0.29) is 17.8 Å². The Hall–Kier alpha value is -2.95. The standard InChI is InChI=1S/C23H28F2N6O2/c24-22(25)27-14-17(13-26)19-12-20(29-15-28-19)31-10-8-23(32,9-11-31)33-21-7-6-18(30-21)16-4-2-1-3-5-16/h1-5,12-15,18,21-22,30,32H,6-11,26H2/b17-13+,27-14+/t18-,21+/m0/s1. The molecule has 0 unspecified atom stereocenters. The number of nitrogens with two attached hydrogens (primary N) is 1. The summed E-state index contributed by atoms with van der Waals surface area (Å²) in [6.07, 6.45) is 5.92. The number of rotatable bonds is 7. The number of hydrogen-bond donors (Lipinski definition) is 3. The maximum absolute atomic E-state index is 12.4. The highest BCUT2D eigenvalue weighted by Gasteiger charge is 2.38. The number of anilines is 1. The van der Waals surface area contributed by atoms with Gasteiger partial charge in [-0.1, -0.05) is 30.3 Å². The number of nitrogens with one attached hydrogen (secondary N) is 1. The molecule has 3 heterocycles. The molecule has 4 rings (SSSR count). The lowest BCUT2D eigenvalue weighted by molar-refractivity contribution is -0.242. The Labute approximate surface area is 191 Å². The Balaban J connectivity index is 1.34. The zero-order valence-electron chi connectivity index (χ0n) is 18.1. The summed E-state index contributed by atoms with van der Waals surface area (Å²) >= 11 is 0. The molecular weight excluding hydrogens is 430 g/mol. The Bertz CT molecular complexity index is 980. The SMILES string of the molecule is N/C=C(\C=N\C(F)F)c1cc(N2CCC(O)(O[C@@H]3CC[C@@H](c4ccccc4)N3)CC2)ncn1. The summed E-state index contributed by atoms with van der Waals surface area (Å²) in [6, 6.07) is 12.1. The molecule has 0 saturated carbocycles. The smallest absolute Gasteiger partial charge is 0.331 e. The van der Waals surface area contributed by atoms with Crippen molar-refractivity contribution in [3.05, 3.63) is 60.2 Å². The Kier molecular flexibility index (Phi) is 7.26. The summed E-state index contributed by atoms with van der Waals surface area (Å²) in [6.45, 7) is -1.78. The zero-order valence-corrected chi connectivity index (χ0v) is 18.1. The highest BCUT2D eigenvalue weighted by Crippen LogP contribution is 2.33. The van der Waals surface area contributed by atoms with Crippen LogP contribution in [0.5, 0.6) is 0 Å². The van der Waals surface area contributed by atoms with Gasteiger partial charge < -0.3 is 20.5 Å². The number of hydrogen-bond acceptors (Lipinski definition) is 8. The van der Waals surface area contributed by atoms with Crippen molar-refractivity contribution in [3.8, 4) is 0 Å². The van der Waals surface area contributed by atoms with Crippen LogP contribution in [0.2, 0.25) is 0 Å². The molecule has 33 heavy (non-hydrogen) atoms. The third kappa shape index (κ3) is 5.89. The normalized spacial score (nSPS) is 23.5. The molecule has 0 bridgehead atoms. The first-order valence-corrected chi connectivity index (χ1v) is 11.0. The van der Waals surface area contributed by atoms with E-state index in [9.17, 15) is 13.9 Å². The van der Waals surface area contributed by atoms with Crippen LogP contribution in [-0.4, -0.2) is 52.9 Å². The second-order valence-electron chi connectivity index (χ2n) is 8.19. The Morgan fingerprint density at radius 1 is 1.24 bits per heavy atom. The van der Waals surface area contributed by atoms with E-state index in [1.54, 1.807) is 6.07 Å². The number of halogens is 2. The second-order valence-corrected chi connectivity index (χ2v) is 8.19. The molecule has 0 aliphatic carbocycles. The average molecular weight is 459 g/mol. The van der Waals surface area contributed by atoms with Gasteiger partial charge in [0.25, 0.3) is 0 Å². The summed E-state index contributed by atoms with van der Waals surface area (Å²) in [5.41, 5.74) is 7.44.